The van der Waals surface area contributed by atoms with Crippen LogP contribution < -0.4 is 4.72 Å². The second-order valence-corrected chi connectivity index (χ2v) is 7.49. The number of sulfonamides is 1. The zero-order valence-corrected chi connectivity index (χ0v) is 16.7. The van der Waals surface area contributed by atoms with Gasteiger partial charge < -0.3 is 12.8 Å². The Morgan fingerprint density at radius 1 is 1.21 bits per heavy atom. The molecule has 0 amide bonds. The smallest absolute Gasteiger partial charge is 0.218 e. The molecule has 0 spiro atoms. The van der Waals surface area contributed by atoms with E-state index in [-0.39, 0.29) is 45.0 Å². The van der Waals surface area contributed by atoms with Gasteiger partial charge in [0, 0.05) is 38.1 Å². The summed E-state index contributed by atoms with van der Waals surface area (Å²) in [7, 11) is -3.47. The van der Waals surface area contributed by atoms with Crippen LogP contribution in [0.1, 0.15) is 48.0 Å². The molecular formula is C13H27NO3SY-2. The molecule has 0 unspecified atom stereocenters. The van der Waals surface area contributed by atoms with Crippen LogP contribution in [0.15, 0.2) is 0 Å². The van der Waals surface area contributed by atoms with E-state index in [9.17, 15) is 13.2 Å². The fraction of sp³-hybridized carbons (Fsp3) is 0.769. The first-order valence-corrected chi connectivity index (χ1v) is 7.64. The molecule has 0 aromatic heterocycles. The van der Waals surface area contributed by atoms with Gasteiger partial charge in [0.25, 0.3) is 0 Å². The molecule has 0 aliphatic rings. The minimum Gasteiger partial charge on any atom is -0.342 e. The van der Waals surface area contributed by atoms with Crippen LogP contribution >= 0.6 is 0 Å². The zero-order valence-electron chi connectivity index (χ0n) is 13.0. The predicted molar refractivity (Wildman–Crippen MR) is 76.5 cm³/mol. The minimum absolute atomic E-state index is 0. The third-order valence-electron chi connectivity index (χ3n) is 1.66. The average Bonchev–Trinajstić information content (AvgIpc) is 2.11. The molecular weight excluding hydrogens is 339 g/mol. The number of hydrogen-bond acceptors (Lipinski definition) is 3. The van der Waals surface area contributed by atoms with E-state index in [0.29, 0.717) is 6.42 Å². The predicted octanol–water partition coefficient (Wildman–Crippen LogP) is 2.36. The third kappa shape index (κ3) is 18.7. The van der Waals surface area contributed by atoms with E-state index in [1.54, 1.807) is 20.8 Å². The molecule has 19 heavy (non-hydrogen) atoms. The fourth-order valence-corrected chi connectivity index (χ4v) is 2.00. The normalized spacial score (nSPS) is 11.4. The number of carbonyl (C=O) groups excluding carboxylic acids is 1. The summed E-state index contributed by atoms with van der Waals surface area (Å²) >= 11 is 0. The van der Waals surface area contributed by atoms with Crippen molar-refractivity contribution in [2.24, 2.45) is 5.41 Å². The Bertz CT molecular complexity index is 330. The van der Waals surface area contributed by atoms with Gasteiger partial charge in [0.05, 0.1) is 0 Å². The van der Waals surface area contributed by atoms with Gasteiger partial charge in [-0.15, -0.1) is 0 Å². The molecule has 0 aliphatic carbocycles. The average molecular weight is 366 g/mol. The van der Waals surface area contributed by atoms with Crippen LogP contribution in [-0.4, -0.2) is 26.5 Å². The second kappa shape index (κ2) is 11.4. The van der Waals surface area contributed by atoms with Crippen molar-refractivity contribution >= 4 is 15.8 Å². The van der Waals surface area contributed by atoms with Crippen LogP contribution in [0.25, 0.3) is 0 Å². The SMILES string of the molecule is C[C-](C)C.[CH2-]CCNS(=O)(=O)CC(=O)C(C)(C)C.[Y]. The Kier molecular flexibility index (Phi) is 14.8. The molecule has 0 aromatic rings. The van der Waals surface area contributed by atoms with Crippen molar-refractivity contribution in [3.8, 4) is 0 Å². The van der Waals surface area contributed by atoms with Crippen LogP contribution in [0.5, 0.6) is 0 Å². The summed E-state index contributed by atoms with van der Waals surface area (Å²) < 4.78 is 24.9. The van der Waals surface area contributed by atoms with Gasteiger partial charge in [0.15, 0.2) is 5.78 Å². The number of nitrogens with one attached hydrogen (secondary N) is 1. The van der Waals surface area contributed by atoms with E-state index in [0.717, 1.165) is 0 Å². The quantitative estimate of drug-likeness (QED) is 0.760. The van der Waals surface area contributed by atoms with Crippen molar-refractivity contribution in [1.82, 2.24) is 4.72 Å². The van der Waals surface area contributed by atoms with E-state index in [1.165, 1.54) is 5.92 Å². The summed E-state index contributed by atoms with van der Waals surface area (Å²) in [5, 5.41) is 0. The monoisotopic (exact) mass is 366 g/mol. The molecule has 0 heterocycles. The maximum Gasteiger partial charge on any atom is 0.218 e. The summed E-state index contributed by atoms with van der Waals surface area (Å²) in [5.74, 6) is 0.685. The largest absolute Gasteiger partial charge is 0.342 e. The van der Waals surface area contributed by atoms with Crippen molar-refractivity contribution in [3.63, 3.8) is 0 Å². The van der Waals surface area contributed by atoms with Gasteiger partial charge in [0.1, 0.15) is 5.75 Å². The molecule has 0 bridgehead atoms. The molecule has 6 heteroatoms. The molecule has 1 radical (unpaired) electrons. The summed E-state index contributed by atoms with van der Waals surface area (Å²) in [6.07, 6.45) is 0.475. The summed E-state index contributed by atoms with van der Waals surface area (Å²) in [5.41, 5.74) is -0.612. The summed E-state index contributed by atoms with van der Waals surface area (Å²) in [6, 6.07) is 0. The van der Waals surface area contributed by atoms with Crippen molar-refractivity contribution in [2.45, 2.75) is 48.0 Å². The van der Waals surface area contributed by atoms with E-state index in [1.807, 2.05) is 0 Å². The topological polar surface area (TPSA) is 63.2 Å². The standard InChI is InChI=1S/C9H18NO3S.C4H9.Y/c1-5-6-10-14(12,13)7-8(11)9(2,3)4;1-4(2)3;/h10H,1,5-7H2,2-4H3;1-3H3;/q2*-1;. The number of hydrogen-bond donors (Lipinski definition) is 1. The van der Waals surface area contributed by atoms with Crippen molar-refractivity contribution < 1.29 is 45.9 Å². The maximum atomic E-state index is 11.4. The molecule has 0 fully saturated rings. The Morgan fingerprint density at radius 2 is 1.58 bits per heavy atom. The molecule has 1 N–H and O–H groups in total. The molecule has 0 aliphatic heterocycles. The molecule has 0 saturated heterocycles. The van der Waals surface area contributed by atoms with E-state index in [4.69, 9.17) is 0 Å². The Labute approximate surface area is 144 Å². The first kappa shape index (κ1) is 24.7. The van der Waals surface area contributed by atoms with Crippen molar-refractivity contribution in [1.29, 1.82) is 0 Å². The van der Waals surface area contributed by atoms with Gasteiger partial charge in [-0.3, -0.25) is 4.79 Å². The molecule has 4 nitrogen and oxygen atoms in total. The first-order chi connectivity index (χ1) is 7.92. The van der Waals surface area contributed by atoms with Gasteiger partial charge in [-0.05, 0) is 6.54 Å². The van der Waals surface area contributed by atoms with E-state index >= 15 is 0 Å². The number of rotatable bonds is 5. The first-order valence-electron chi connectivity index (χ1n) is 5.99. The maximum absolute atomic E-state index is 11.4. The Balaban J connectivity index is -0.000000448. The molecule has 0 rings (SSSR count). The summed E-state index contributed by atoms with van der Waals surface area (Å²) in [4.78, 5) is 11.4. The van der Waals surface area contributed by atoms with E-state index < -0.39 is 21.2 Å². The summed E-state index contributed by atoms with van der Waals surface area (Å²) in [6.45, 7) is 15.1. The molecule has 0 aromatic carbocycles. The number of ketones is 1. The van der Waals surface area contributed by atoms with Crippen LogP contribution in [0.2, 0.25) is 0 Å². The number of carbonyl (C=O) groups is 1. The van der Waals surface area contributed by atoms with E-state index in [2.05, 4.69) is 32.4 Å². The van der Waals surface area contributed by atoms with Gasteiger partial charge in [-0.1, -0.05) is 20.8 Å². The molecule has 0 atom stereocenters. The van der Waals surface area contributed by atoms with Crippen molar-refractivity contribution in [2.75, 3.05) is 12.3 Å². The third-order valence-corrected chi connectivity index (χ3v) is 2.94. The fourth-order valence-electron chi connectivity index (χ4n) is 0.668. The zero-order chi connectivity index (χ0) is 15.0. The Morgan fingerprint density at radius 3 is 1.84 bits per heavy atom. The van der Waals surface area contributed by atoms with Crippen molar-refractivity contribution in [3.05, 3.63) is 12.8 Å². The molecule has 113 valence electrons. The van der Waals surface area contributed by atoms with Gasteiger partial charge >= 0.3 is 0 Å². The second-order valence-electron chi connectivity index (χ2n) is 5.68. The van der Waals surface area contributed by atoms with Gasteiger partial charge in [-0.25, -0.2) is 13.1 Å². The van der Waals surface area contributed by atoms with Crippen LogP contribution in [-0.2, 0) is 47.5 Å². The minimum atomic E-state index is -3.47. The van der Waals surface area contributed by atoms with Gasteiger partial charge in [-0.2, -0.15) is 27.2 Å². The van der Waals surface area contributed by atoms with Crippen LogP contribution in [0, 0.1) is 18.3 Å². The number of Topliss-reactive ketones (excluding diaryl/α,β-unsaturated/α-hetero) is 1. The molecule has 0 saturated carbocycles. The Hall–Kier alpha value is 0.684. The van der Waals surface area contributed by atoms with Crippen LogP contribution in [0.3, 0.4) is 0 Å². The van der Waals surface area contributed by atoms with Crippen LogP contribution in [0.4, 0.5) is 0 Å². The van der Waals surface area contributed by atoms with Gasteiger partial charge in [0.2, 0.25) is 10.0 Å².